The lowest BCUT2D eigenvalue weighted by atomic mass is 10.2. The van der Waals surface area contributed by atoms with E-state index in [9.17, 15) is 4.39 Å². The van der Waals surface area contributed by atoms with E-state index in [4.69, 9.17) is 5.73 Å². The van der Waals surface area contributed by atoms with Crippen LogP contribution in [-0.4, -0.2) is 10.2 Å². The van der Waals surface area contributed by atoms with Crippen molar-refractivity contribution in [3.63, 3.8) is 0 Å². The van der Waals surface area contributed by atoms with Gasteiger partial charge in [-0.3, -0.25) is 0 Å². The molecule has 6 heteroatoms. The molecule has 0 atom stereocenters. The molecule has 0 aliphatic carbocycles. The molecule has 3 rings (SSSR count). The zero-order chi connectivity index (χ0) is 13.9. The summed E-state index contributed by atoms with van der Waals surface area (Å²) in [4.78, 5) is 0. The van der Waals surface area contributed by atoms with E-state index >= 15 is 0 Å². The molecule has 0 bridgehead atoms. The summed E-state index contributed by atoms with van der Waals surface area (Å²) in [6.45, 7) is 0. The van der Waals surface area contributed by atoms with Gasteiger partial charge in [0.2, 0.25) is 5.13 Å². The molecule has 0 spiro atoms. The number of halogens is 1. The zero-order valence-electron chi connectivity index (χ0n) is 10.4. The molecule has 0 saturated carbocycles. The lowest BCUT2D eigenvalue weighted by Gasteiger charge is -2.00. The minimum atomic E-state index is -0.268. The van der Waals surface area contributed by atoms with Crippen LogP contribution >= 0.6 is 11.3 Å². The van der Waals surface area contributed by atoms with Crippen LogP contribution in [0.5, 0.6) is 0 Å². The van der Waals surface area contributed by atoms with Crippen molar-refractivity contribution in [2.45, 2.75) is 0 Å². The number of benzene rings is 2. The Morgan fingerprint density at radius 2 is 1.65 bits per heavy atom. The molecule has 0 unspecified atom stereocenters. The third-order valence-corrected chi connectivity index (χ3v) is 3.57. The van der Waals surface area contributed by atoms with E-state index in [1.54, 1.807) is 12.1 Å². The van der Waals surface area contributed by atoms with Crippen molar-refractivity contribution in [1.29, 1.82) is 0 Å². The van der Waals surface area contributed by atoms with Crippen LogP contribution in [0.25, 0.3) is 10.6 Å². The summed E-state index contributed by atoms with van der Waals surface area (Å²) in [5.41, 5.74) is 8.09. The van der Waals surface area contributed by atoms with E-state index in [0.717, 1.165) is 16.3 Å². The third kappa shape index (κ3) is 2.75. The number of nitrogens with zero attached hydrogens (tertiary/aromatic N) is 2. The summed E-state index contributed by atoms with van der Waals surface area (Å²) in [6.07, 6.45) is 0. The highest BCUT2D eigenvalue weighted by atomic mass is 32.1. The number of anilines is 3. The average Bonchev–Trinajstić information content (AvgIpc) is 2.91. The van der Waals surface area contributed by atoms with Gasteiger partial charge < -0.3 is 11.1 Å². The third-order valence-electron chi connectivity index (χ3n) is 2.68. The number of hydrogen-bond donors (Lipinski definition) is 2. The smallest absolute Gasteiger partial charge is 0.210 e. The molecule has 0 fully saturated rings. The molecular formula is C14H11FN4S. The van der Waals surface area contributed by atoms with Gasteiger partial charge in [0.25, 0.3) is 0 Å². The Labute approximate surface area is 119 Å². The van der Waals surface area contributed by atoms with Gasteiger partial charge in [-0.2, -0.15) is 0 Å². The van der Waals surface area contributed by atoms with Crippen molar-refractivity contribution in [2.24, 2.45) is 0 Å². The van der Waals surface area contributed by atoms with Gasteiger partial charge in [-0.1, -0.05) is 11.3 Å². The molecule has 0 aliphatic rings. The molecule has 0 saturated heterocycles. The first-order valence-electron chi connectivity index (χ1n) is 5.93. The van der Waals surface area contributed by atoms with Crippen LogP contribution in [0.2, 0.25) is 0 Å². The minimum Gasteiger partial charge on any atom is -0.399 e. The molecule has 20 heavy (non-hydrogen) atoms. The van der Waals surface area contributed by atoms with Crippen LogP contribution in [0, 0.1) is 5.82 Å². The SMILES string of the molecule is Nc1ccc(-c2nnc(Nc3ccc(F)cc3)s2)cc1. The van der Waals surface area contributed by atoms with E-state index in [-0.39, 0.29) is 5.82 Å². The predicted octanol–water partition coefficient (Wildman–Crippen LogP) is 3.67. The fourth-order valence-corrected chi connectivity index (χ4v) is 2.44. The van der Waals surface area contributed by atoms with Crippen LogP contribution in [0.4, 0.5) is 20.9 Å². The highest BCUT2D eigenvalue weighted by molar-refractivity contribution is 7.18. The van der Waals surface area contributed by atoms with Crippen LogP contribution < -0.4 is 11.1 Å². The summed E-state index contributed by atoms with van der Waals surface area (Å²) < 4.78 is 12.8. The summed E-state index contributed by atoms with van der Waals surface area (Å²) in [5.74, 6) is -0.268. The monoisotopic (exact) mass is 286 g/mol. The van der Waals surface area contributed by atoms with Crippen LogP contribution in [0.3, 0.4) is 0 Å². The second kappa shape index (κ2) is 5.26. The fraction of sp³-hybridized carbons (Fsp3) is 0. The first-order valence-corrected chi connectivity index (χ1v) is 6.74. The molecular weight excluding hydrogens is 275 g/mol. The maximum atomic E-state index is 12.8. The second-order valence-electron chi connectivity index (χ2n) is 4.17. The largest absolute Gasteiger partial charge is 0.399 e. The van der Waals surface area contributed by atoms with Crippen molar-refractivity contribution in [1.82, 2.24) is 10.2 Å². The van der Waals surface area contributed by atoms with Gasteiger partial charge in [0.1, 0.15) is 10.8 Å². The fourth-order valence-electron chi connectivity index (χ4n) is 1.67. The lowest BCUT2D eigenvalue weighted by molar-refractivity contribution is 0.628. The molecule has 2 aromatic carbocycles. The quantitative estimate of drug-likeness (QED) is 0.721. The second-order valence-corrected chi connectivity index (χ2v) is 5.14. The molecule has 4 nitrogen and oxygen atoms in total. The standard InChI is InChI=1S/C14H11FN4S/c15-10-3-7-12(8-4-10)17-14-19-18-13(20-14)9-1-5-11(16)6-2-9/h1-8H,16H2,(H,17,19). The predicted molar refractivity (Wildman–Crippen MR) is 79.4 cm³/mol. The Bertz CT molecular complexity index is 707. The highest BCUT2D eigenvalue weighted by Gasteiger charge is 2.06. The summed E-state index contributed by atoms with van der Waals surface area (Å²) in [7, 11) is 0. The van der Waals surface area contributed by atoms with Gasteiger partial charge in [0, 0.05) is 16.9 Å². The number of hydrogen-bond acceptors (Lipinski definition) is 5. The highest BCUT2D eigenvalue weighted by Crippen LogP contribution is 2.28. The van der Waals surface area contributed by atoms with Gasteiger partial charge >= 0.3 is 0 Å². The van der Waals surface area contributed by atoms with Gasteiger partial charge in [-0.05, 0) is 48.5 Å². The van der Waals surface area contributed by atoms with E-state index in [2.05, 4.69) is 15.5 Å². The van der Waals surface area contributed by atoms with Crippen molar-refractivity contribution >= 4 is 27.8 Å². The maximum Gasteiger partial charge on any atom is 0.210 e. The molecule has 0 aliphatic heterocycles. The Morgan fingerprint density at radius 1 is 0.950 bits per heavy atom. The molecule has 0 radical (unpaired) electrons. The van der Waals surface area contributed by atoms with Gasteiger partial charge in [-0.15, -0.1) is 10.2 Å². The molecule has 0 amide bonds. The maximum absolute atomic E-state index is 12.8. The molecule has 3 aromatic rings. The van der Waals surface area contributed by atoms with Gasteiger partial charge in [0.15, 0.2) is 0 Å². The normalized spacial score (nSPS) is 10.4. The molecule has 1 aromatic heterocycles. The zero-order valence-corrected chi connectivity index (χ0v) is 11.2. The lowest BCUT2D eigenvalue weighted by Crippen LogP contribution is -1.89. The minimum absolute atomic E-state index is 0.268. The Hall–Kier alpha value is -2.47. The molecule has 1 heterocycles. The number of nitrogens with one attached hydrogen (secondary N) is 1. The number of rotatable bonds is 3. The van der Waals surface area contributed by atoms with E-state index in [1.807, 2.05) is 24.3 Å². The summed E-state index contributed by atoms with van der Waals surface area (Å²) in [5, 5.41) is 12.7. The number of aromatic nitrogens is 2. The van der Waals surface area contributed by atoms with E-state index < -0.39 is 0 Å². The van der Waals surface area contributed by atoms with Crippen LogP contribution in [-0.2, 0) is 0 Å². The number of nitrogens with two attached hydrogens (primary N) is 1. The Balaban J connectivity index is 1.80. The average molecular weight is 286 g/mol. The summed E-state index contributed by atoms with van der Waals surface area (Å²) >= 11 is 1.42. The Morgan fingerprint density at radius 3 is 2.35 bits per heavy atom. The first-order chi connectivity index (χ1) is 9.70. The van der Waals surface area contributed by atoms with Gasteiger partial charge in [-0.25, -0.2) is 4.39 Å². The van der Waals surface area contributed by atoms with E-state index in [1.165, 1.54) is 23.5 Å². The molecule has 3 N–H and O–H groups in total. The number of nitrogen functional groups attached to an aromatic ring is 1. The van der Waals surface area contributed by atoms with Crippen molar-refractivity contribution in [3.8, 4) is 10.6 Å². The van der Waals surface area contributed by atoms with E-state index in [0.29, 0.717) is 10.8 Å². The molecule has 100 valence electrons. The topological polar surface area (TPSA) is 63.8 Å². The first kappa shape index (κ1) is 12.6. The van der Waals surface area contributed by atoms with Crippen molar-refractivity contribution < 1.29 is 4.39 Å². The van der Waals surface area contributed by atoms with Crippen molar-refractivity contribution in [3.05, 3.63) is 54.3 Å². The van der Waals surface area contributed by atoms with Crippen LogP contribution in [0.15, 0.2) is 48.5 Å². The van der Waals surface area contributed by atoms with Gasteiger partial charge in [0.05, 0.1) is 0 Å². The van der Waals surface area contributed by atoms with Crippen molar-refractivity contribution in [2.75, 3.05) is 11.1 Å². The summed E-state index contributed by atoms with van der Waals surface area (Å²) in [6, 6.07) is 13.5. The van der Waals surface area contributed by atoms with Crippen LogP contribution in [0.1, 0.15) is 0 Å². The Kier molecular flexibility index (Phi) is 3.30.